The van der Waals surface area contributed by atoms with Gasteiger partial charge < -0.3 is 15.4 Å². The molecule has 0 aliphatic carbocycles. The molecule has 29 heavy (non-hydrogen) atoms. The van der Waals surface area contributed by atoms with E-state index in [1.165, 1.54) is 12.7 Å². The molecule has 2 aromatic carbocycles. The zero-order valence-corrected chi connectivity index (χ0v) is 17.8. The summed E-state index contributed by atoms with van der Waals surface area (Å²) in [6.07, 6.45) is 1.01. The Labute approximate surface area is 174 Å². The normalized spacial score (nSPS) is 12.5. The first-order valence-corrected chi connectivity index (χ1v) is 9.89. The highest BCUT2D eigenvalue weighted by Crippen LogP contribution is 2.08. The van der Waals surface area contributed by atoms with E-state index < -0.39 is 0 Å². The lowest BCUT2D eigenvalue weighted by Gasteiger charge is -2.25. The molecule has 2 N–H and O–H groups in total. The highest BCUT2D eigenvalue weighted by Gasteiger charge is 2.10. The third-order valence-electron chi connectivity index (χ3n) is 4.94. The quantitative estimate of drug-likeness (QED) is 0.387. The maximum Gasteiger partial charge on any atom is 0.337 e. The number of rotatable bonds is 9. The van der Waals surface area contributed by atoms with Gasteiger partial charge in [0.15, 0.2) is 5.96 Å². The second-order valence-electron chi connectivity index (χ2n) is 7.08. The van der Waals surface area contributed by atoms with Crippen LogP contribution in [0.25, 0.3) is 0 Å². The number of nitrogens with one attached hydrogen (secondary N) is 2. The van der Waals surface area contributed by atoms with Crippen LogP contribution in [0.3, 0.4) is 0 Å². The first-order chi connectivity index (χ1) is 14.0. The van der Waals surface area contributed by atoms with E-state index in [1.54, 1.807) is 19.2 Å². The Kier molecular flexibility index (Phi) is 9.18. The van der Waals surface area contributed by atoms with Gasteiger partial charge in [-0.15, -0.1) is 0 Å². The summed E-state index contributed by atoms with van der Waals surface area (Å²) < 4.78 is 4.72. The lowest BCUT2D eigenvalue weighted by molar-refractivity contribution is 0.0600. The van der Waals surface area contributed by atoms with Crippen molar-refractivity contribution in [3.63, 3.8) is 0 Å². The minimum Gasteiger partial charge on any atom is -0.465 e. The Hall–Kier alpha value is -2.86. The lowest BCUT2D eigenvalue weighted by atomic mass is 10.1. The van der Waals surface area contributed by atoms with Crippen LogP contribution < -0.4 is 10.6 Å². The van der Waals surface area contributed by atoms with E-state index in [1.807, 2.05) is 18.2 Å². The Morgan fingerprint density at radius 3 is 2.38 bits per heavy atom. The van der Waals surface area contributed by atoms with Crippen LogP contribution in [-0.4, -0.2) is 50.6 Å². The van der Waals surface area contributed by atoms with Gasteiger partial charge in [-0.05, 0) is 43.7 Å². The highest BCUT2D eigenvalue weighted by atomic mass is 16.5. The van der Waals surface area contributed by atoms with E-state index in [4.69, 9.17) is 4.74 Å². The van der Waals surface area contributed by atoms with Crippen molar-refractivity contribution >= 4 is 11.9 Å². The topological polar surface area (TPSA) is 66.0 Å². The number of benzene rings is 2. The monoisotopic (exact) mass is 396 g/mol. The number of aliphatic imine (C=N–C) groups is 1. The molecule has 0 spiro atoms. The molecule has 0 saturated heterocycles. The second-order valence-corrected chi connectivity index (χ2v) is 7.08. The predicted molar refractivity (Wildman–Crippen MR) is 118 cm³/mol. The largest absolute Gasteiger partial charge is 0.465 e. The van der Waals surface area contributed by atoms with Gasteiger partial charge in [0.2, 0.25) is 0 Å². The van der Waals surface area contributed by atoms with Gasteiger partial charge in [0.1, 0.15) is 0 Å². The highest BCUT2D eigenvalue weighted by molar-refractivity contribution is 5.89. The van der Waals surface area contributed by atoms with Crippen molar-refractivity contribution in [2.75, 3.05) is 27.7 Å². The minimum atomic E-state index is -0.326. The molecule has 1 atom stereocenters. The van der Waals surface area contributed by atoms with Crippen LogP contribution in [0.4, 0.5) is 0 Å². The summed E-state index contributed by atoms with van der Waals surface area (Å²) in [5, 5.41) is 6.67. The molecular weight excluding hydrogens is 364 g/mol. The van der Waals surface area contributed by atoms with Crippen molar-refractivity contribution in [1.82, 2.24) is 15.5 Å². The summed E-state index contributed by atoms with van der Waals surface area (Å²) in [6.45, 7) is 4.64. The molecular formula is C23H32N4O2. The first-order valence-electron chi connectivity index (χ1n) is 9.89. The fourth-order valence-electron chi connectivity index (χ4n) is 2.93. The molecule has 0 bridgehead atoms. The Balaban J connectivity index is 1.72. The molecule has 0 amide bonds. The van der Waals surface area contributed by atoms with Gasteiger partial charge in [-0.3, -0.25) is 9.89 Å². The van der Waals surface area contributed by atoms with Gasteiger partial charge >= 0.3 is 5.97 Å². The molecule has 1 unspecified atom stereocenters. The van der Waals surface area contributed by atoms with E-state index >= 15 is 0 Å². The molecule has 0 aliphatic heterocycles. The fourth-order valence-corrected chi connectivity index (χ4v) is 2.93. The molecule has 2 aromatic rings. The van der Waals surface area contributed by atoms with Crippen LogP contribution in [-0.2, 0) is 17.8 Å². The van der Waals surface area contributed by atoms with Gasteiger partial charge in [-0.2, -0.15) is 0 Å². The van der Waals surface area contributed by atoms with Crippen LogP contribution in [0.5, 0.6) is 0 Å². The Morgan fingerprint density at radius 1 is 1.07 bits per heavy atom. The van der Waals surface area contributed by atoms with E-state index in [-0.39, 0.29) is 5.97 Å². The standard InChI is InChI=1S/C23H32N4O2/c1-18(27(3)17-20-8-6-5-7-9-20)14-15-25-23(24-2)26-16-19-10-12-21(13-11-19)22(28)29-4/h5-13,18H,14-17H2,1-4H3,(H2,24,25,26). The second kappa shape index (κ2) is 11.9. The smallest absolute Gasteiger partial charge is 0.337 e. The van der Waals surface area contributed by atoms with Crippen molar-refractivity contribution in [1.29, 1.82) is 0 Å². The predicted octanol–water partition coefficient (Wildman–Crippen LogP) is 3.05. The number of ether oxygens (including phenoxy) is 1. The molecule has 0 aliphatic rings. The van der Waals surface area contributed by atoms with Gasteiger partial charge in [0.25, 0.3) is 0 Å². The van der Waals surface area contributed by atoms with Crippen LogP contribution in [0.15, 0.2) is 59.6 Å². The molecule has 6 heteroatoms. The summed E-state index contributed by atoms with van der Waals surface area (Å²) in [4.78, 5) is 18.1. The number of guanidine groups is 1. The van der Waals surface area contributed by atoms with Gasteiger partial charge in [0.05, 0.1) is 12.7 Å². The van der Waals surface area contributed by atoms with Crippen molar-refractivity contribution in [3.05, 3.63) is 71.3 Å². The van der Waals surface area contributed by atoms with E-state index in [0.29, 0.717) is 18.2 Å². The fraction of sp³-hybridized carbons (Fsp3) is 0.391. The number of carbonyl (C=O) groups is 1. The maximum absolute atomic E-state index is 11.5. The number of methoxy groups -OCH3 is 1. The van der Waals surface area contributed by atoms with Gasteiger partial charge in [0, 0.05) is 32.7 Å². The molecule has 6 nitrogen and oxygen atoms in total. The van der Waals surface area contributed by atoms with E-state index in [9.17, 15) is 4.79 Å². The van der Waals surface area contributed by atoms with Crippen LogP contribution in [0, 0.1) is 0 Å². The average Bonchev–Trinajstić information content (AvgIpc) is 2.76. The van der Waals surface area contributed by atoms with Crippen molar-refractivity contribution < 1.29 is 9.53 Å². The molecule has 0 aromatic heterocycles. The van der Waals surface area contributed by atoms with E-state index in [0.717, 1.165) is 31.0 Å². The molecule has 0 heterocycles. The van der Waals surface area contributed by atoms with Crippen molar-refractivity contribution in [2.24, 2.45) is 4.99 Å². The first kappa shape index (κ1) is 22.4. The Morgan fingerprint density at radius 2 is 1.76 bits per heavy atom. The minimum absolute atomic E-state index is 0.326. The van der Waals surface area contributed by atoms with Gasteiger partial charge in [-0.1, -0.05) is 42.5 Å². The zero-order chi connectivity index (χ0) is 21.1. The SMILES string of the molecule is CN=C(NCCC(C)N(C)Cc1ccccc1)NCc1ccc(C(=O)OC)cc1. The number of esters is 1. The summed E-state index contributed by atoms with van der Waals surface area (Å²) in [5.41, 5.74) is 2.94. The maximum atomic E-state index is 11.5. The van der Waals surface area contributed by atoms with Crippen LogP contribution >= 0.6 is 0 Å². The molecule has 0 saturated carbocycles. The number of hydrogen-bond acceptors (Lipinski definition) is 4. The average molecular weight is 397 g/mol. The molecule has 156 valence electrons. The van der Waals surface area contributed by atoms with Crippen molar-refractivity contribution in [3.8, 4) is 0 Å². The third kappa shape index (κ3) is 7.58. The van der Waals surface area contributed by atoms with Crippen LogP contribution in [0.1, 0.15) is 34.8 Å². The summed E-state index contributed by atoms with van der Waals surface area (Å²) in [7, 11) is 5.30. The number of hydrogen-bond donors (Lipinski definition) is 2. The Bertz CT molecular complexity index is 775. The number of nitrogens with zero attached hydrogens (tertiary/aromatic N) is 2. The van der Waals surface area contributed by atoms with E-state index in [2.05, 4.69) is 58.8 Å². The number of carbonyl (C=O) groups excluding carboxylic acids is 1. The summed E-state index contributed by atoms with van der Waals surface area (Å²) >= 11 is 0. The third-order valence-corrected chi connectivity index (χ3v) is 4.94. The van der Waals surface area contributed by atoms with Crippen molar-refractivity contribution in [2.45, 2.75) is 32.5 Å². The summed E-state index contributed by atoms with van der Waals surface area (Å²) in [6, 6.07) is 18.3. The van der Waals surface area contributed by atoms with Gasteiger partial charge in [-0.25, -0.2) is 4.79 Å². The summed E-state index contributed by atoms with van der Waals surface area (Å²) in [5.74, 6) is 0.438. The molecule has 0 radical (unpaired) electrons. The zero-order valence-electron chi connectivity index (χ0n) is 17.8. The van der Waals surface area contributed by atoms with Crippen LogP contribution in [0.2, 0.25) is 0 Å². The molecule has 0 fully saturated rings. The molecule has 2 rings (SSSR count). The lowest BCUT2D eigenvalue weighted by Crippen LogP contribution is -2.39.